The summed E-state index contributed by atoms with van der Waals surface area (Å²) in [7, 11) is 0. The highest BCUT2D eigenvalue weighted by Gasteiger charge is 2.22. The summed E-state index contributed by atoms with van der Waals surface area (Å²) in [5.74, 6) is 0.0848. The molecule has 1 aromatic heterocycles. The smallest absolute Gasteiger partial charge is 0.253 e. The lowest BCUT2D eigenvalue weighted by molar-refractivity contribution is 0.0907. The van der Waals surface area contributed by atoms with Crippen LogP contribution < -0.4 is 10.2 Å². The Labute approximate surface area is 148 Å². The minimum atomic E-state index is -0.267. The number of benzene rings is 1. The van der Waals surface area contributed by atoms with Crippen molar-refractivity contribution in [2.45, 2.75) is 39.2 Å². The van der Waals surface area contributed by atoms with Crippen molar-refractivity contribution >= 4 is 17.4 Å². The zero-order valence-electron chi connectivity index (χ0n) is 14.7. The summed E-state index contributed by atoms with van der Waals surface area (Å²) >= 11 is 0. The maximum absolute atomic E-state index is 12.8. The Morgan fingerprint density at radius 1 is 1.24 bits per heavy atom. The highest BCUT2D eigenvalue weighted by atomic mass is 16.3. The van der Waals surface area contributed by atoms with Crippen LogP contribution in [0.4, 0.5) is 5.69 Å². The molecule has 2 heterocycles. The molecule has 1 atom stereocenters. The van der Waals surface area contributed by atoms with Crippen LogP contribution in [0.15, 0.2) is 41.0 Å². The summed E-state index contributed by atoms with van der Waals surface area (Å²) in [4.78, 5) is 27.1. The van der Waals surface area contributed by atoms with E-state index in [1.807, 2.05) is 32.0 Å². The van der Waals surface area contributed by atoms with Crippen molar-refractivity contribution in [3.8, 4) is 0 Å². The Balaban J connectivity index is 1.70. The van der Waals surface area contributed by atoms with Crippen LogP contribution in [0, 0.1) is 6.92 Å². The maximum atomic E-state index is 12.8. The van der Waals surface area contributed by atoms with E-state index in [1.165, 1.54) is 6.26 Å². The zero-order chi connectivity index (χ0) is 17.8. The van der Waals surface area contributed by atoms with Crippen LogP contribution in [0.25, 0.3) is 0 Å². The minimum Gasteiger partial charge on any atom is -0.461 e. The van der Waals surface area contributed by atoms with Gasteiger partial charge in [-0.25, -0.2) is 0 Å². The molecule has 1 amide bonds. The normalized spacial score (nSPS) is 15.2. The van der Waals surface area contributed by atoms with Gasteiger partial charge in [-0.15, -0.1) is 0 Å². The van der Waals surface area contributed by atoms with Gasteiger partial charge in [0.25, 0.3) is 5.91 Å². The van der Waals surface area contributed by atoms with Crippen molar-refractivity contribution in [1.82, 2.24) is 5.32 Å². The molecule has 3 rings (SSSR count). The second-order valence-electron chi connectivity index (χ2n) is 6.69. The summed E-state index contributed by atoms with van der Waals surface area (Å²) in [6.07, 6.45) is 4.00. The standard InChI is InChI=1S/C20H24N2O3/c1-14-7-8-17(22-9-3-4-10-22)16(12-14)20(24)21-15(2)13-18(23)19-6-5-11-25-19/h5-8,11-12,15H,3-4,9-10,13H2,1-2H3,(H,21,24). The van der Waals surface area contributed by atoms with Gasteiger partial charge in [0.2, 0.25) is 0 Å². The number of nitrogens with one attached hydrogen (secondary N) is 1. The first kappa shape index (κ1) is 17.3. The summed E-state index contributed by atoms with van der Waals surface area (Å²) in [5, 5.41) is 2.95. The Kier molecular flexibility index (Phi) is 5.22. The van der Waals surface area contributed by atoms with Crippen molar-refractivity contribution in [3.05, 3.63) is 53.5 Å². The fourth-order valence-electron chi connectivity index (χ4n) is 3.23. The number of Topliss-reactive ketones (excluding diaryl/α,β-unsaturated/α-hetero) is 1. The third kappa shape index (κ3) is 4.10. The van der Waals surface area contributed by atoms with Crippen molar-refractivity contribution in [1.29, 1.82) is 0 Å². The van der Waals surface area contributed by atoms with Crippen LogP contribution in [0.1, 0.15) is 52.7 Å². The number of amides is 1. The van der Waals surface area contributed by atoms with Gasteiger partial charge in [-0.2, -0.15) is 0 Å². The first-order valence-electron chi connectivity index (χ1n) is 8.78. The van der Waals surface area contributed by atoms with Gasteiger partial charge in [-0.1, -0.05) is 11.6 Å². The average Bonchev–Trinajstić information content (AvgIpc) is 3.28. The monoisotopic (exact) mass is 340 g/mol. The van der Waals surface area contributed by atoms with Crippen LogP contribution in [-0.4, -0.2) is 30.8 Å². The number of anilines is 1. The molecular weight excluding hydrogens is 316 g/mol. The first-order chi connectivity index (χ1) is 12.0. The summed E-state index contributed by atoms with van der Waals surface area (Å²) in [6.45, 7) is 5.78. The van der Waals surface area contributed by atoms with E-state index >= 15 is 0 Å². The molecule has 1 aromatic carbocycles. The van der Waals surface area contributed by atoms with Crippen molar-refractivity contribution in [2.24, 2.45) is 0 Å². The van der Waals surface area contributed by atoms with E-state index in [-0.39, 0.29) is 24.2 Å². The summed E-state index contributed by atoms with van der Waals surface area (Å²) in [6, 6.07) is 9.04. The largest absolute Gasteiger partial charge is 0.461 e. The van der Waals surface area contributed by atoms with Gasteiger partial charge < -0.3 is 14.6 Å². The second kappa shape index (κ2) is 7.55. The number of nitrogens with zero attached hydrogens (tertiary/aromatic N) is 1. The minimum absolute atomic E-state index is 0.109. The lowest BCUT2D eigenvalue weighted by Gasteiger charge is -2.22. The Morgan fingerprint density at radius 3 is 2.68 bits per heavy atom. The van der Waals surface area contributed by atoms with E-state index in [0.29, 0.717) is 11.3 Å². The van der Waals surface area contributed by atoms with Crippen LogP contribution in [-0.2, 0) is 0 Å². The molecule has 5 heteroatoms. The second-order valence-corrected chi connectivity index (χ2v) is 6.69. The predicted octanol–water partition coefficient (Wildman–Crippen LogP) is 3.58. The Bertz CT molecular complexity index is 746. The summed E-state index contributed by atoms with van der Waals surface area (Å²) < 4.78 is 5.12. The molecule has 1 saturated heterocycles. The maximum Gasteiger partial charge on any atom is 0.253 e. The molecule has 1 unspecified atom stereocenters. The fraction of sp³-hybridized carbons (Fsp3) is 0.400. The molecule has 25 heavy (non-hydrogen) atoms. The number of ketones is 1. The molecule has 0 saturated carbocycles. The molecule has 1 fully saturated rings. The van der Waals surface area contributed by atoms with E-state index in [0.717, 1.165) is 37.2 Å². The number of carbonyl (C=O) groups is 2. The van der Waals surface area contributed by atoms with Gasteiger partial charge in [-0.05, 0) is 51.0 Å². The Morgan fingerprint density at radius 2 is 2.00 bits per heavy atom. The number of hydrogen-bond donors (Lipinski definition) is 1. The van der Waals surface area contributed by atoms with Crippen LogP contribution in [0.5, 0.6) is 0 Å². The number of aryl methyl sites for hydroxylation is 1. The third-order valence-corrected chi connectivity index (χ3v) is 4.51. The van der Waals surface area contributed by atoms with E-state index in [9.17, 15) is 9.59 Å². The van der Waals surface area contributed by atoms with Crippen LogP contribution >= 0.6 is 0 Å². The molecule has 0 aliphatic carbocycles. The van der Waals surface area contributed by atoms with E-state index in [2.05, 4.69) is 10.2 Å². The molecule has 0 spiro atoms. The van der Waals surface area contributed by atoms with Crippen LogP contribution in [0.2, 0.25) is 0 Å². The van der Waals surface area contributed by atoms with E-state index in [1.54, 1.807) is 12.1 Å². The molecule has 0 bridgehead atoms. The fourth-order valence-corrected chi connectivity index (χ4v) is 3.23. The van der Waals surface area contributed by atoms with Crippen molar-refractivity contribution in [2.75, 3.05) is 18.0 Å². The molecule has 5 nitrogen and oxygen atoms in total. The quantitative estimate of drug-likeness (QED) is 0.817. The molecule has 2 aromatic rings. The van der Waals surface area contributed by atoms with Crippen LogP contribution in [0.3, 0.4) is 0 Å². The topological polar surface area (TPSA) is 62.6 Å². The van der Waals surface area contributed by atoms with Gasteiger partial charge in [0.1, 0.15) is 0 Å². The Hall–Kier alpha value is -2.56. The predicted molar refractivity (Wildman–Crippen MR) is 97.2 cm³/mol. The third-order valence-electron chi connectivity index (χ3n) is 4.51. The molecule has 0 radical (unpaired) electrons. The highest BCUT2D eigenvalue weighted by molar-refractivity contribution is 6.01. The molecule has 1 aliphatic heterocycles. The van der Waals surface area contributed by atoms with Gasteiger partial charge >= 0.3 is 0 Å². The lowest BCUT2D eigenvalue weighted by atomic mass is 10.1. The number of carbonyl (C=O) groups excluding carboxylic acids is 2. The number of furan rings is 1. The van der Waals surface area contributed by atoms with Crippen molar-refractivity contribution < 1.29 is 14.0 Å². The van der Waals surface area contributed by atoms with Gasteiger partial charge in [0.05, 0.1) is 11.8 Å². The number of hydrogen-bond acceptors (Lipinski definition) is 4. The summed E-state index contributed by atoms with van der Waals surface area (Å²) in [5.41, 5.74) is 2.71. The lowest BCUT2D eigenvalue weighted by Crippen LogP contribution is -2.35. The molecule has 132 valence electrons. The zero-order valence-corrected chi connectivity index (χ0v) is 14.7. The van der Waals surface area contributed by atoms with E-state index < -0.39 is 0 Å². The SMILES string of the molecule is Cc1ccc(N2CCCC2)c(C(=O)NC(C)CC(=O)c2ccco2)c1. The van der Waals surface area contributed by atoms with Gasteiger partial charge in [0.15, 0.2) is 11.5 Å². The van der Waals surface area contributed by atoms with Gasteiger partial charge in [-0.3, -0.25) is 9.59 Å². The number of rotatable bonds is 6. The van der Waals surface area contributed by atoms with Crippen molar-refractivity contribution in [3.63, 3.8) is 0 Å². The van der Waals surface area contributed by atoms with E-state index in [4.69, 9.17) is 4.42 Å². The first-order valence-corrected chi connectivity index (χ1v) is 8.78. The van der Waals surface area contributed by atoms with Gasteiger partial charge in [0, 0.05) is 31.2 Å². The molecule has 1 N–H and O–H groups in total. The highest BCUT2D eigenvalue weighted by Crippen LogP contribution is 2.26. The molecular formula is C20H24N2O3. The molecule has 1 aliphatic rings. The average molecular weight is 340 g/mol.